The van der Waals surface area contributed by atoms with Crippen LogP contribution in [0.4, 0.5) is 0 Å². The zero-order valence-electron chi connectivity index (χ0n) is 15.8. The number of ether oxygens (including phenoxy) is 1. The molecule has 27 heavy (non-hydrogen) atoms. The number of nitrogens with zero attached hydrogens (tertiary/aromatic N) is 1. The van der Waals surface area contributed by atoms with Gasteiger partial charge in [-0.1, -0.05) is 61.2 Å². The molecule has 0 spiro atoms. The Labute approximate surface area is 167 Å². The number of hydrogen-bond donors (Lipinski definition) is 2. The van der Waals surface area contributed by atoms with E-state index in [4.69, 9.17) is 17.0 Å². The number of rotatable bonds is 6. The maximum atomic E-state index is 5.97. The summed E-state index contributed by atoms with van der Waals surface area (Å²) in [6.07, 6.45) is 7.99. The first-order valence-electron chi connectivity index (χ1n) is 9.57. The molecule has 0 aliphatic heterocycles. The third kappa shape index (κ3) is 6.36. The zero-order chi connectivity index (χ0) is 18.9. The summed E-state index contributed by atoms with van der Waals surface area (Å²) in [6.45, 7) is 2.61. The molecule has 5 heteroatoms. The van der Waals surface area contributed by atoms with Crippen LogP contribution in [-0.4, -0.2) is 17.4 Å². The largest absolute Gasteiger partial charge is 0.488 e. The van der Waals surface area contributed by atoms with Crippen molar-refractivity contribution in [2.75, 3.05) is 0 Å². The van der Waals surface area contributed by atoms with Crippen LogP contribution >= 0.6 is 12.2 Å². The standard InChI is InChI=1S/C22H27N3OS/c1-17-11-13-18(14-12-17)16-26-21-10-6-5-7-19(21)15-23-25-22(27)24-20-8-3-2-4-9-20/h5-7,10-15,20H,2-4,8-9,16H2,1H3,(H2,24,25,27)/b23-15+. The van der Waals surface area contributed by atoms with E-state index >= 15 is 0 Å². The predicted octanol–water partition coefficient (Wildman–Crippen LogP) is 4.70. The van der Waals surface area contributed by atoms with Gasteiger partial charge in [0.2, 0.25) is 0 Å². The number of thiocarbonyl (C=S) groups is 1. The molecule has 1 saturated carbocycles. The quantitative estimate of drug-likeness (QED) is 0.432. The van der Waals surface area contributed by atoms with Gasteiger partial charge in [-0.15, -0.1) is 0 Å². The van der Waals surface area contributed by atoms with Crippen LogP contribution in [0.3, 0.4) is 0 Å². The number of para-hydroxylation sites is 1. The van der Waals surface area contributed by atoms with Crippen molar-refractivity contribution in [3.05, 3.63) is 65.2 Å². The molecule has 1 fully saturated rings. The molecular formula is C22H27N3OS. The number of aryl methyl sites for hydroxylation is 1. The van der Waals surface area contributed by atoms with Crippen molar-refractivity contribution in [2.45, 2.75) is 51.7 Å². The maximum absolute atomic E-state index is 5.97. The summed E-state index contributed by atoms with van der Waals surface area (Å²) in [5, 5.41) is 8.20. The number of benzene rings is 2. The van der Waals surface area contributed by atoms with Crippen LogP contribution in [0.15, 0.2) is 53.6 Å². The van der Waals surface area contributed by atoms with Gasteiger partial charge in [-0.2, -0.15) is 5.10 Å². The van der Waals surface area contributed by atoms with Crippen molar-refractivity contribution < 1.29 is 4.74 Å². The summed E-state index contributed by atoms with van der Waals surface area (Å²) >= 11 is 5.34. The van der Waals surface area contributed by atoms with Gasteiger partial charge in [-0.05, 0) is 49.7 Å². The van der Waals surface area contributed by atoms with Crippen LogP contribution in [0.5, 0.6) is 5.75 Å². The summed E-state index contributed by atoms with van der Waals surface area (Å²) < 4.78 is 5.97. The fourth-order valence-electron chi connectivity index (χ4n) is 3.19. The molecule has 0 heterocycles. The van der Waals surface area contributed by atoms with Crippen LogP contribution in [0, 0.1) is 6.92 Å². The monoisotopic (exact) mass is 381 g/mol. The van der Waals surface area contributed by atoms with E-state index in [1.807, 2.05) is 24.3 Å². The normalized spacial score (nSPS) is 14.9. The Kier molecular flexibility index (Phi) is 7.22. The van der Waals surface area contributed by atoms with E-state index in [0.29, 0.717) is 17.8 Å². The van der Waals surface area contributed by atoms with Crippen molar-refractivity contribution in [1.29, 1.82) is 0 Å². The first-order valence-corrected chi connectivity index (χ1v) is 9.98. The minimum absolute atomic E-state index is 0.471. The number of nitrogens with one attached hydrogen (secondary N) is 2. The van der Waals surface area contributed by atoms with Crippen LogP contribution in [0.25, 0.3) is 0 Å². The highest BCUT2D eigenvalue weighted by Gasteiger charge is 2.13. The van der Waals surface area contributed by atoms with E-state index in [2.05, 4.69) is 47.0 Å². The van der Waals surface area contributed by atoms with Crippen LogP contribution in [-0.2, 0) is 6.61 Å². The van der Waals surface area contributed by atoms with Gasteiger partial charge in [-0.25, -0.2) is 0 Å². The van der Waals surface area contributed by atoms with Gasteiger partial charge in [0, 0.05) is 11.6 Å². The Morgan fingerprint density at radius 2 is 1.85 bits per heavy atom. The maximum Gasteiger partial charge on any atom is 0.187 e. The topological polar surface area (TPSA) is 45.6 Å². The molecule has 2 N–H and O–H groups in total. The Bertz CT molecular complexity index is 767. The minimum Gasteiger partial charge on any atom is -0.488 e. The van der Waals surface area contributed by atoms with Gasteiger partial charge in [0.25, 0.3) is 0 Å². The van der Waals surface area contributed by atoms with Crippen molar-refractivity contribution in [3.63, 3.8) is 0 Å². The smallest absolute Gasteiger partial charge is 0.187 e. The molecule has 0 amide bonds. The van der Waals surface area contributed by atoms with E-state index in [-0.39, 0.29) is 0 Å². The lowest BCUT2D eigenvalue weighted by molar-refractivity contribution is 0.306. The molecule has 0 atom stereocenters. The van der Waals surface area contributed by atoms with E-state index in [1.54, 1.807) is 6.21 Å². The molecular weight excluding hydrogens is 354 g/mol. The zero-order valence-corrected chi connectivity index (χ0v) is 16.6. The Morgan fingerprint density at radius 1 is 1.11 bits per heavy atom. The summed E-state index contributed by atoms with van der Waals surface area (Å²) in [7, 11) is 0. The summed E-state index contributed by atoms with van der Waals surface area (Å²) in [4.78, 5) is 0. The highest BCUT2D eigenvalue weighted by Crippen LogP contribution is 2.18. The van der Waals surface area contributed by atoms with E-state index in [0.717, 1.165) is 16.9 Å². The summed E-state index contributed by atoms with van der Waals surface area (Å²) in [5.74, 6) is 0.801. The van der Waals surface area contributed by atoms with Gasteiger partial charge in [-0.3, -0.25) is 5.43 Å². The second-order valence-corrected chi connectivity index (χ2v) is 7.40. The molecule has 3 rings (SSSR count). The molecule has 4 nitrogen and oxygen atoms in total. The molecule has 1 aliphatic rings. The molecule has 0 unspecified atom stereocenters. The highest BCUT2D eigenvalue weighted by atomic mass is 32.1. The lowest BCUT2D eigenvalue weighted by Gasteiger charge is -2.23. The molecule has 142 valence electrons. The predicted molar refractivity (Wildman–Crippen MR) is 115 cm³/mol. The van der Waals surface area contributed by atoms with E-state index in [9.17, 15) is 0 Å². The lowest BCUT2D eigenvalue weighted by Crippen LogP contribution is -2.40. The third-order valence-corrected chi connectivity index (χ3v) is 4.95. The van der Waals surface area contributed by atoms with Gasteiger partial charge in [0.1, 0.15) is 12.4 Å². The van der Waals surface area contributed by atoms with Gasteiger partial charge < -0.3 is 10.1 Å². The fourth-order valence-corrected chi connectivity index (χ4v) is 3.41. The average molecular weight is 382 g/mol. The van der Waals surface area contributed by atoms with E-state index < -0.39 is 0 Å². The van der Waals surface area contributed by atoms with Crippen LogP contribution in [0.1, 0.15) is 48.8 Å². The van der Waals surface area contributed by atoms with Gasteiger partial charge in [0.05, 0.1) is 6.21 Å². The Balaban J connectivity index is 1.52. The fraction of sp³-hybridized carbons (Fsp3) is 0.364. The van der Waals surface area contributed by atoms with E-state index in [1.165, 1.54) is 37.7 Å². The molecule has 0 saturated heterocycles. The molecule has 2 aromatic carbocycles. The average Bonchev–Trinajstić information content (AvgIpc) is 2.69. The molecule has 2 aromatic rings. The highest BCUT2D eigenvalue weighted by molar-refractivity contribution is 7.80. The molecule has 0 radical (unpaired) electrons. The number of hydrogen-bond acceptors (Lipinski definition) is 3. The third-order valence-electron chi connectivity index (χ3n) is 4.74. The second kappa shape index (κ2) is 10.1. The summed E-state index contributed by atoms with van der Waals surface area (Å²) in [6, 6.07) is 16.7. The van der Waals surface area contributed by atoms with Gasteiger partial charge in [0.15, 0.2) is 5.11 Å². The van der Waals surface area contributed by atoms with Crippen molar-refractivity contribution in [2.24, 2.45) is 5.10 Å². The summed E-state index contributed by atoms with van der Waals surface area (Å²) in [5.41, 5.74) is 6.22. The van der Waals surface area contributed by atoms with Crippen molar-refractivity contribution in [1.82, 2.24) is 10.7 Å². The molecule has 0 bridgehead atoms. The second-order valence-electron chi connectivity index (χ2n) is 6.99. The Hall–Kier alpha value is -2.40. The lowest BCUT2D eigenvalue weighted by atomic mass is 9.96. The van der Waals surface area contributed by atoms with Crippen molar-refractivity contribution in [3.8, 4) is 5.75 Å². The molecule has 1 aliphatic carbocycles. The van der Waals surface area contributed by atoms with Gasteiger partial charge >= 0.3 is 0 Å². The first-order chi connectivity index (χ1) is 13.2. The number of hydrazone groups is 1. The van der Waals surface area contributed by atoms with Crippen molar-refractivity contribution >= 4 is 23.5 Å². The van der Waals surface area contributed by atoms with Crippen LogP contribution < -0.4 is 15.5 Å². The Morgan fingerprint density at radius 3 is 2.63 bits per heavy atom. The first kappa shape index (κ1) is 19.4. The minimum atomic E-state index is 0.471. The molecule has 0 aromatic heterocycles. The SMILES string of the molecule is Cc1ccc(COc2ccccc2/C=N/NC(=S)NC2CCCCC2)cc1. The van der Waals surface area contributed by atoms with Crippen LogP contribution in [0.2, 0.25) is 0 Å².